The van der Waals surface area contributed by atoms with Crippen molar-refractivity contribution >= 4 is 21.6 Å². The number of carbonyl (C=O) groups excluding carboxylic acids is 1. The van der Waals surface area contributed by atoms with Crippen molar-refractivity contribution in [3.8, 4) is 0 Å². The van der Waals surface area contributed by atoms with E-state index in [1.165, 1.54) is 4.31 Å². The molecule has 152 valence electrons. The number of amides is 1. The standard InChI is InChI=1S/C20H22N4O4S/c1-14-21-10-17-18(22-14)11-28-20(17)12-23(13-20)19(25)15-4-6-16(7-5-15)24-8-2-3-9-29(24,26)27/h4-7,10H,2-3,8-9,11-13H2,1H3. The molecular formula is C20H22N4O4S. The fourth-order valence-corrected chi connectivity index (χ4v) is 5.94. The molecule has 2 aromatic rings. The normalized spacial score (nSPS) is 21.7. The van der Waals surface area contributed by atoms with Crippen LogP contribution in [0.15, 0.2) is 30.5 Å². The number of benzene rings is 1. The minimum Gasteiger partial charge on any atom is -0.360 e. The van der Waals surface area contributed by atoms with E-state index in [1.807, 2.05) is 6.92 Å². The summed E-state index contributed by atoms with van der Waals surface area (Å²) in [6.45, 7) is 3.71. The zero-order chi connectivity index (χ0) is 20.2. The lowest BCUT2D eigenvalue weighted by Crippen LogP contribution is -2.61. The second-order valence-electron chi connectivity index (χ2n) is 7.86. The molecule has 0 saturated carbocycles. The predicted molar refractivity (Wildman–Crippen MR) is 106 cm³/mol. The summed E-state index contributed by atoms with van der Waals surface area (Å²) in [7, 11) is -3.26. The zero-order valence-electron chi connectivity index (χ0n) is 16.2. The number of carbonyl (C=O) groups is 1. The van der Waals surface area contributed by atoms with Gasteiger partial charge in [-0.15, -0.1) is 0 Å². The number of rotatable bonds is 2. The van der Waals surface area contributed by atoms with Gasteiger partial charge >= 0.3 is 0 Å². The predicted octanol–water partition coefficient (Wildman–Crippen LogP) is 1.60. The molecule has 0 aliphatic carbocycles. The smallest absolute Gasteiger partial charge is 0.254 e. The van der Waals surface area contributed by atoms with Crippen molar-refractivity contribution in [1.82, 2.24) is 14.9 Å². The molecule has 29 heavy (non-hydrogen) atoms. The number of likely N-dealkylation sites (tertiary alicyclic amines) is 1. The second kappa shape index (κ2) is 6.50. The maximum absolute atomic E-state index is 12.9. The van der Waals surface area contributed by atoms with E-state index in [2.05, 4.69) is 9.97 Å². The third-order valence-corrected chi connectivity index (χ3v) is 7.76. The third kappa shape index (κ3) is 3.00. The van der Waals surface area contributed by atoms with Crippen molar-refractivity contribution in [3.05, 3.63) is 53.1 Å². The van der Waals surface area contributed by atoms with E-state index in [0.29, 0.717) is 49.7 Å². The number of hydrogen-bond acceptors (Lipinski definition) is 6. The summed E-state index contributed by atoms with van der Waals surface area (Å²) in [5.41, 5.74) is 2.52. The van der Waals surface area contributed by atoms with E-state index in [-0.39, 0.29) is 11.7 Å². The van der Waals surface area contributed by atoms with Gasteiger partial charge in [-0.25, -0.2) is 18.4 Å². The Morgan fingerprint density at radius 2 is 1.93 bits per heavy atom. The third-order valence-electron chi connectivity index (χ3n) is 5.90. The number of nitrogens with zero attached hydrogens (tertiary/aromatic N) is 4. The van der Waals surface area contributed by atoms with Crippen LogP contribution in [0.4, 0.5) is 5.69 Å². The second-order valence-corrected chi connectivity index (χ2v) is 9.88. The summed E-state index contributed by atoms with van der Waals surface area (Å²) >= 11 is 0. The number of ether oxygens (including phenoxy) is 1. The lowest BCUT2D eigenvalue weighted by atomic mass is 9.87. The Morgan fingerprint density at radius 1 is 1.17 bits per heavy atom. The minimum absolute atomic E-state index is 0.0891. The fourth-order valence-electron chi connectivity index (χ4n) is 4.30. The number of sulfonamides is 1. The molecule has 0 N–H and O–H groups in total. The van der Waals surface area contributed by atoms with Crippen LogP contribution in [0.2, 0.25) is 0 Å². The summed E-state index contributed by atoms with van der Waals surface area (Å²) in [5, 5.41) is 0. The van der Waals surface area contributed by atoms with Crippen LogP contribution in [-0.2, 0) is 27.0 Å². The first-order valence-corrected chi connectivity index (χ1v) is 11.4. The van der Waals surface area contributed by atoms with Crippen molar-refractivity contribution in [1.29, 1.82) is 0 Å². The first-order valence-electron chi connectivity index (χ1n) is 9.75. The van der Waals surface area contributed by atoms with Crippen molar-refractivity contribution in [2.75, 3.05) is 29.7 Å². The first-order chi connectivity index (χ1) is 13.9. The van der Waals surface area contributed by atoms with E-state index < -0.39 is 15.6 Å². The van der Waals surface area contributed by atoms with Crippen LogP contribution in [0.1, 0.15) is 40.3 Å². The van der Waals surface area contributed by atoms with Gasteiger partial charge in [-0.3, -0.25) is 9.10 Å². The van der Waals surface area contributed by atoms with Gasteiger partial charge in [0.25, 0.3) is 5.91 Å². The average molecular weight is 414 g/mol. The van der Waals surface area contributed by atoms with E-state index in [9.17, 15) is 13.2 Å². The summed E-state index contributed by atoms with van der Waals surface area (Å²) in [5.74, 6) is 0.801. The van der Waals surface area contributed by atoms with Crippen molar-refractivity contribution in [3.63, 3.8) is 0 Å². The molecule has 1 amide bonds. The maximum Gasteiger partial charge on any atom is 0.254 e. The average Bonchev–Trinajstić information content (AvgIpc) is 3.05. The molecular weight excluding hydrogens is 392 g/mol. The molecule has 8 nitrogen and oxygen atoms in total. The molecule has 1 aromatic carbocycles. The Morgan fingerprint density at radius 3 is 2.66 bits per heavy atom. The summed E-state index contributed by atoms with van der Waals surface area (Å²) in [4.78, 5) is 23.3. The minimum atomic E-state index is -3.26. The Labute approximate surface area is 169 Å². The van der Waals surface area contributed by atoms with E-state index in [0.717, 1.165) is 17.7 Å². The largest absolute Gasteiger partial charge is 0.360 e. The molecule has 1 spiro atoms. The Hall–Kier alpha value is -2.52. The monoisotopic (exact) mass is 414 g/mol. The van der Waals surface area contributed by atoms with E-state index in [1.54, 1.807) is 35.4 Å². The van der Waals surface area contributed by atoms with Gasteiger partial charge in [-0.1, -0.05) is 0 Å². The number of anilines is 1. The molecule has 2 fully saturated rings. The van der Waals surface area contributed by atoms with Gasteiger partial charge in [0.05, 0.1) is 36.8 Å². The molecule has 0 bridgehead atoms. The molecule has 0 unspecified atom stereocenters. The molecule has 5 rings (SSSR count). The van der Waals surface area contributed by atoms with Gasteiger partial charge < -0.3 is 9.64 Å². The van der Waals surface area contributed by atoms with Crippen LogP contribution >= 0.6 is 0 Å². The van der Waals surface area contributed by atoms with Gasteiger partial charge in [0.2, 0.25) is 10.0 Å². The van der Waals surface area contributed by atoms with Crippen molar-refractivity contribution in [2.45, 2.75) is 32.0 Å². The highest BCUT2D eigenvalue weighted by Gasteiger charge is 2.52. The van der Waals surface area contributed by atoms with E-state index in [4.69, 9.17) is 4.74 Å². The molecule has 9 heteroatoms. The first kappa shape index (κ1) is 18.5. The van der Waals surface area contributed by atoms with Crippen LogP contribution in [0.3, 0.4) is 0 Å². The van der Waals surface area contributed by atoms with E-state index >= 15 is 0 Å². The maximum atomic E-state index is 12.9. The highest BCUT2D eigenvalue weighted by molar-refractivity contribution is 7.92. The van der Waals surface area contributed by atoms with Gasteiger partial charge in [0.1, 0.15) is 11.4 Å². The fraction of sp³-hybridized carbons (Fsp3) is 0.450. The molecule has 0 radical (unpaired) electrons. The number of aromatic nitrogens is 2. The molecule has 4 heterocycles. The summed E-state index contributed by atoms with van der Waals surface area (Å²) < 4.78 is 31.9. The van der Waals surface area contributed by atoms with Crippen LogP contribution < -0.4 is 4.31 Å². The number of hydrogen-bond donors (Lipinski definition) is 0. The van der Waals surface area contributed by atoms with Crippen LogP contribution in [-0.4, -0.2) is 54.6 Å². The molecule has 3 aliphatic rings. The molecule has 1 aromatic heterocycles. The van der Waals surface area contributed by atoms with Crippen molar-refractivity contribution < 1.29 is 17.9 Å². The Kier molecular flexibility index (Phi) is 4.15. The zero-order valence-corrected chi connectivity index (χ0v) is 17.0. The van der Waals surface area contributed by atoms with Gasteiger partial charge in [-0.2, -0.15) is 0 Å². The molecule has 2 saturated heterocycles. The topological polar surface area (TPSA) is 92.7 Å². The highest BCUT2D eigenvalue weighted by Crippen LogP contribution is 2.43. The SMILES string of the molecule is Cc1ncc2c(n1)COC21CN(C(=O)c2ccc(N3CCCCS3(=O)=O)cc2)C1. The number of aryl methyl sites for hydroxylation is 1. The van der Waals surface area contributed by atoms with Gasteiger partial charge in [-0.05, 0) is 44.0 Å². The highest BCUT2D eigenvalue weighted by atomic mass is 32.2. The number of fused-ring (bicyclic) bond motifs is 2. The lowest BCUT2D eigenvalue weighted by Gasteiger charge is -2.47. The van der Waals surface area contributed by atoms with Gasteiger partial charge in [0, 0.05) is 23.9 Å². The summed E-state index contributed by atoms with van der Waals surface area (Å²) in [6, 6.07) is 6.82. The van der Waals surface area contributed by atoms with Gasteiger partial charge in [0.15, 0.2) is 0 Å². The summed E-state index contributed by atoms with van der Waals surface area (Å²) in [6.07, 6.45) is 3.35. The van der Waals surface area contributed by atoms with Crippen LogP contribution in [0, 0.1) is 6.92 Å². The Bertz CT molecular complexity index is 1080. The molecule has 3 aliphatic heterocycles. The molecule has 0 atom stereocenters. The van der Waals surface area contributed by atoms with Crippen molar-refractivity contribution in [2.24, 2.45) is 0 Å². The quantitative estimate of drug-likeness (QED) is 0.741. The Balaban J connectivity index is 1.30. The lowest BCUT2D eigenvalue weighted by molar-refractivity contribution is -0.126. The van der Waals surface area contributed by atoms with Crippen LogP contribution in [0.5, 0.6) is 0 Å². The van der Waals surface area contributed by atoms with Crippen LogP contribution in [0.25, 0.3) is 0 Å².